The number of aryl methyl sites for hydroxylation is 2. The monoisotopic (exact) mass is 395 g/mol. The molecule has 0 atom stereocenters. The van der Waals surface area contributed by atoms with Gasteiger partial charge in [-0.25, -0.2) is 9.37 Å². The summed E-state index contributed by atoms with van der Waals surface area (Å²) in [7, 11) is 0. The van der Waals surface area contributed by atoms with Gasteiger partial charge >= 0.3 is 0 Å². The van der Waals surface area contributed by atoms with E-state index in [9.17, 15) is 9.18 Å². The van der Waals surface area contributed by atoms with Crippen molar-refractivity contribution < 1.29 is 13.6 Å². The zero-order chi connectivity index (χ0) is 20.6. The number of carbonyl (C=O) groups is 1. The van der Waals surface area contributed by atoms with Crippen LogP contribution in [0, 0.1) is 12.7 Å². The zero-order valence-corrected chi connectivity index (χ0v) is 16.8. The highest BCUT2D eigenvalue weighted by molar-refractivity contribution is 5.76. The largest absolute Gasteiger partial charge is 0.441 e. The van der Waals surface area contributed by atoms with Gasteiger partial charge in [-0.1, -0.05) is 18.2 Å². The fourth-order valence-corrected chi connectivity index (χ4v) is 3.18. The number of nitrogens with one attached hydrogen (secondary N) is 1. The second-order valence-corrected chi connectivity index (χ2v) is 6.84. The first kappa shape index (κ1) is 20.6. The van der Waals surface area contributed by atoms with E-state index >= 15 is 0 Å². The Bertz CT molecular complexity index is 937. The highest BCUT2D eigenvalue weighted by atomic mass is 19.1. The molecule has 0 saturated carbocycles. The summed E-state index contributed by atoms with van der Waals surface area (Å²) in [5.74, 6) is 0.730. The minimum absolute atomic E-state index is 0.0348. The predicted octanol–water partition coefficient (Wildman–Crippen LogP) is 4.36. The summed E-state index contributed by atoms with van der Waals surface area (Å²) in [4.78, 5) is 18.6. The molecule has 3 aromatic rings. The Morgan fingerprint density at radius 2 is 1.93 bits per heavy atom. The van der Waals surface area contributed by atoms with Gasteiger partial charge in [0.2, 0.25) is 5.91 Å². The number of nitrogens with zero attached hydrogens (tertiary/aromatic N) is 2. The summed E-state index contributed by atoms with van der Waals surface area (Å²) >= 11 is 0. The van der Waals surface area contributed by atoms with Crippen molar-refractivity contribution in [2.75, 3.05) is 24.5 Å². The van der Waals surface area contributed by atoms with Gasteiger partial charge in [0.1, 0.15) is 5.82 Å². The molecule has 1 heterocycles. The number of oxazole rings is 1. The van der Waals surface area contributed by atoms with Crippen LogP contribution in [0.3, 0.4) is 0 Å². The maximum atomic E-state index is 13.0. The second-order valence-electron chi connectivity index (χ2n) is 6.84. The molecule has 1 amide bonds. The lowest BCUT2D eigenvalue weighted by Gasteiger charge is -2.25. The Kier molecular flexibility index (Phi) is 7.00. The van der Waals surface area contributed by atoms with Crippen LogP contribution >= 0.6 is 0 Å². The highest BCUT2D eigenvalue weighted by Gasteiger charge is 2.10. The molecule has 6 heteroatoms. The van der Waals surface area contributed by atoms with Crippen molar-refractivity contribution in [3.8, 4) is 11.3 Å². The minimum atomic E-state index is -0.297. The normalized spacial score (nSPS) is 10.7. The van der Waals surface area contributed by atoms with E-state index < -0.39 is 0 Å². The molecular formula is C23H26FN3O2. The quantitative estimate of drug-likeness (QED) is 0.585. The van der Waals surface area contributed by atoms with Crippen LogP contribution in [0.25, 0.3) is 11.3 Å². The number of para-hydroxylation sites is 1. The molecule has 0 aliphatic rings. The number of benzene rings is 2. The lowest BCUT2D eigenvalue weighted by molar-refractivity contribution is -0.121. The maximum absolute atomic E-state index is 13.0. The Hall–Kier alpha value is -3.15. The number of amides is 1. The molecule has 0 radical (unpaired) electrons. The molecule has 152 valence electrons. The highest BCUT2D eigenvalue weighted by Crippen LogP contribution is 2.21. The molecule has 3 rings (SSSR count). The molecule has 0 unspecified atom stereocenters. The van der Waals surface area contributed by atoms with Crippen LogP contribution in [0.5, 0.6) is 0 Å². The van der Waals surface area contributed by atoms with E-state index in [4.69, 9.17) is 4.42 Å². The van der Waals surface area contributed by atoms with E-state index in [0.29, 0.717) is 31.0 Å². The van der Waals surface area contributed by atoms with E-state index in [2.05, 4.69) is 41.2 Å². The predicted molar refractivity (Wildman–Crippen MR) is 112 cm³/mol. The van der Waals surface area contributed by atoms with E-state index in [-0.39, 0.29) is 11.7 Å². The number of rotatable bonds is 9. The maximum Gasteiger partial charge on any atom is 0.220 e. The van der Waals surface area contributed by atoms with Crippen molar-refractivity contribution in [1.82, 2.24) is 10.3 Å². The van der Waals surface area contributed by atoms with Gasteiger partial charge in [0, 0.05) is 43.7 Å². The van der Waals surface area contributed by atoms with Gasteiger partial charge in [0.15, 0.2) is 11.7 Å². The number of hydrogen-bond acceptors (Lipinski definition) is 4. The molecule has 1 N–H and O–H groups in total. The molecule has 1 aromatic heterocycles. The molecule has 5 nitrogen and oxygen atoms in total. The molecule has 0 bridgehead atoms. The second kappa shape index (κ2) is 9.87. The van der Waals surface area contributed by atoms with Crippen molar-refractivity contribution in [2.24, 2.45) is 0 Å². The Morgan fingerprint density at radius 3 is 2.66 bits per heavy atom. The average Bonchev–Trinajstić information content (AvgIpc) is 3.20. The van der Waals surface area contributed by atoms with Crippen molar-refractivity contribution in [1.29, 1.82) is 0 Å². The van der Waals surface area contributed by atoms with Crippen LogP contribution in [0.15, 0.2) is 59.1 Å². The summed E-state index contributed by atoms with van der Waals surface area (Å²) < 4.78 is 18.7. The molecule has 0 aliphatic heterocycles. The van der Waals surface area contributed by atoms with Crippen molar-refractivity contribution in [2.45, 2.75) is 26.7 Å². The summed E-state index contributed by atoms with van der Waals surface area (Å²) in [5, 5.41) is 2.96. The molecular weight excluding hydrogens is 369 g/mol. The van der Waals surface area contributed by atoms with E-state index in [0.717, 1.165) is 18.7 Å². The van der Waals surface area contributed by atoms with E-state index in [1.165, 1.54) is 23.4 Å². The van der Waals surface area contributed by atoms with Gasteiger partial charge in [-0.05, 0) is 49.7 Å². The van der Waals surface area contributed by atoms with Crippen molar-refractivity contribution in [3.63, 3.8) is 0 Å². The SMILES string of the molecule is CCN(CCNC(=O)CCc1ncc(-c2ccc(F)cc2)o1)c1ccccc1C. The summed E-state index contributed by atoms with van der Waals surface area (Å²) in [6.45, 7) is 6.40. The van der Waals surface area contributed by atoms with Crippen molar-refractivity contribution >= 4 is 11.6 Å². The number of carbonyl (C=O) groups excluding carboxylic acids is 1. The summed E-state index contributed by atoms with van der Waals surface area (Å²) in [5.41, 5.74) is 3.17. The van der Waals surface area contributed by atoms with Gasteiger partial charge in [-0.3, -0.25) is 4.79 Å². The number of hydrogen-bond donors (Lipinski definition) is 1. The number of aromatic nitrogens is 1. The Balaban J connectivity index is 1.44. The molecule has 0 saturated heterocycles. The zero-order valence-electron chi connectivity index (χ0n) is 16.8. The first-order valence-electron chi connectivity index (χ1n) is 9.84. The van der Waals surface area contributed by atoms with Gasteiger partial charge in [0.05, 0.1) is 6.20 Å². The Morgan fingerprint density at radius 1 is 1.17 bits per heavy atom. The van der Waals surface area contributed by atoms with Crippen LogP contribution in [-0.4, -0.2) is 30.5 Å². The number of anilines is 1. The lowest BCUT2D eigenvalue weighted by atomic mass is 10.2. The first-order valence-corrected chi connectivity index (χ1v) is 9.84. The fourth-order valence-electron chi connectivity index (χ4n) is 3.18. The van der Waals surface area contributed by atoms with E-state index in [1.807, 2.05) is 12.1 Å². The lowest BCUT2D eigenvalue weighted by Crippen LogP contribution is -2.35. The summed E-state index contributed by atoms with van der Waals surface area (Å²) in [6, 6.07) is 14.3. The third kappa shape index (κ3) is 5.67. The third-order valence-corrected chi connectivity index (χ3v) is 4.79. The molecule has 0 spiro atoms. The molecule has 0 fully saturated rings. The molecule has 0 aliphatic carbocycles. The topological polar surface area (TPSA) is 58.4 Å². The molecule has 2 aromatic carbocycles. The van der Waals surface area contributed by atoms with Crippen LogP contribution in [0.2, 0.25) is 0 Å². The van der Waals surface area contributed by atoms with Crippen LogP contribution in [0.1, 0.15) is 24.8 Å². The number of halogens is 1. The van der Waals surface area contributed by atoms with Crippen LogP contribution in [-0.2, 0) is 11.2 Å². The molecule has 29 heavy (non-hydrogen) atoms. The van der Waals surface area contributed by atoms with Gasteiger partial charge in [0.25, 0.3) is 0 Å². The minimum Gasteiger partial charge on any atom is -0.441 e. The summed E-state index contributed by atoms with van der Waals surface area (Å²) in [6.07, 6.45) is 2.32. The standard InChI is InChI=1S/C23H26FN3O2/c1-3-27(20-7-5-4-6-17(20)2)15-14-25-22(28)12-13-23-26-16-21(29-23)18-8-10-19(24)11-9-18/h4-11,16H,3,12-15H2,1-2H3,(H,25,28). The van der Waals surface area contributed by atoms with Crippen molar-refractivity contribution in [3.05, 3.63) is 72.0 Å². The van der Waals surface area contributed by atoms with Gasteiger partial charge < -0.3 is 14.6 Å². The van der Waals surface area contributed by atoms with E-state index in [1.54, 1.807) is 18.3 Å². The number of likely N-dealkylation sites (N-methyl/N-ethyl adjacent to an activating group) is 1. The van der Waals surface area contributed by atoms with Crippen LogP contribution in [0.4, 0.5) is 10.1 Å². The average molecular weight is 395 g/mol. The van der Waals surface area contributed by atoms with Gasteiger partial charge in [-0.15, -0.1) is 0 Å². The van der Waals surface area contributed by atoms with Crippen LogP contribution < -0.4 is 10.2 Å². The smallest absolute Gasteiger partial charge is 0.220 e. The fraction of sp³-hybridized carbons (Fsp3) is 0.304. The first-order chi connectivity index (χ1) is 14.1. The third-order valence-electron chi connectivity index (χ3n) is 4.79. The Labute approximate surface area is 170 Å². The van der Waals surface area contributed by atoms with Gasteiger partial charge in [-0.2, -0.15) is 0 Å².